The van der Waals surface area contributed by atoms with E-state index < -0.39 is 6.17 Å². The number of fused-ring (bicyclic) bond motifs is 2. The highest BCUT2D eigenvalue weighted by atomic mass is 19.1. The largest absolute Gasteiger partial charge is 0.382 e. The van der Waals surface area contributed by atoms with E-state index in [9.17, 15) is 4.39 Å². The molecule has 6 rings (SSSR count). The summed E-state index contributed by atoms with van der Waals surface area (Å²) >= 11 is 0. The molecule has 0 spiro atoms. The van der Waals surface area contributed by atoms with E-state index in [-0.39, 0.29) is 5.95 Å². The third-order valence-electron chi connectivity index (χ3n) is 6.17. The summed E-state index contributed by atoms with van der Waals surface area (Å²) in [5, 5.41) is 4.13. The Hall–Kier alpha value is -3.31. The number of aryl methyl sites for hydroxylation is 1. The molecule has 11 heteroatoms. The van der Waals surface area contributed by atoms with E-state index in [1.807, 2.05) is 22.8 Å². The minimum absolute atomic E-state index is 0.139. The number of nitrogen functional groups attached to an aromatic ring is 2. The number of anilines is 2. The lowest BCUT2D eigenvalue weighted by molar-refractivity contribution is -0.0780. The Bertz CT molecular complexity index is 1270. The standard InChI is InChI=1S/C14H14N8.C8H14FNO/c1-2-21-7-17-10-4-3-9(18-13(10)21)8-5-6-22-11(8)12(15)19-14(16)20-22;9-7-2-1-3-10(4-7)8-5-11-6-8/h3-7H,2H2,1H3,(H4,15,16,19,20);7-8H,1-6H2/t;7-/m.1/s1. The first-order valence-electron chi connectivity index (χ1n) is 11.2. The van der Waals surface area contributed by atoms with Crippen molar-refractivity contribution in [1.82, 2.24) is 34.0 Å². The highest BCUT2D eigenvalue weighted by Crippen LogP contribution is 2.28. The van der Waals surface area contributed by atoms with Crippen LogP contribution >= 0.6 is 0 Å². The summed E-state index contributed by atoms with van der Waals surface area (Å²) in [6, 6.07) is 6.29. The van der Waals surface area contributed by atoms with Crippen LogP contribution in [0, 0.1) is 0 Å². The van der Waals surface area contributed by atoms with E-state index in [0.717, 1.165) is 61.6 Å². The van der Waals surface area contributed by atoms with Gasteiger partial charge in [-0.2, -0.15) is 4.98 Å². The predicted molar refractivity (Wildman–Crippen MR) is 124 cm³/mol. The van der Waals surface area contributed by atoms with Crippen molar-refractivity contribution < 1.29 is 9.13 Å². The number of rotatable bonds is 3. The first-order valence-corrected chi connectivity index (χ1v) is 11.2. The maximum Gasteiger partial charge on any atom is 0.240 e. The van der Waals surface area contributed by atoms with Crippen LogP contribution in [0.4, 0.5) is 16.2 Å². The van der Waals surface area contributed by atoms with Crippen molar-refractivity contribution in [2.45, 2.75) is 38.5 Å². The maximum atomic E-state index is 12.9. The van der Waals surface area contributed by atoms with Crippen molar-refractivity contribution in [2.24, 2.45) is 0 Å². The van der Waals surface area contributed by atoms with Crippen LogP contribution < -0.4 is 11.5 Å². The number of aromatic nitrogens is 6. The molecule has 2 aliphatic heterocycles. The zero-order chi connectivity index (χ0) is 22.9. The molecule has 0 aliphatic carbocycles. The highest BCUT2D eigenvalue weighted by molar-refractivity contribution is 5.88. The average Bonchev–Trinajstić information content (AvgIpc) is 3.36. The van der Waals surface area contributed by atoms with Gasteiger partial charge in [-0.15, -0.1) is 5.10 Å². The Balaban J connectivity index is 0.000000174. The van der Waals surface area contributed by atoms with Crippen LogP contribution in [0.1, 0.15) is 19.8 Å². The maximum absolute atomic E-state index is 12.9. The van der Waals surface area contributed by atoms with Gasteiger partial charge in [0.15, 0.2) is 11.5 Å². The molecule has 174 valence electrons. The lowest BCUT2D eigenvalue weighted by atomic mass is 10.1. The van der Waals surface area contributed by atoms with Gasteiger partial charge in [-0.3, -0.25) is 4.90 Å². The summed E-state index contributed by atoms with van der Waals surface area (Å²) in [7, 11) is 0. The van der Waals surface area contributed by atoms with Crippen molar-refractivity contribution in [3.05, 3.63) is 30.7 Å². The van der Waals surface area contributed by atoms with Gasteiger partial charge >= 0.3 is 0 Å². The van der Waals surface area contributed by atoms with Crippen LogP contribution in [0.15, 0.2) is 30.7 Å². The first-order chi connectivity index (χ1) is 16.0. The smallest absolute Gasteiger partial charge is 0.240 e. The molecule has 0 unspecified atom stereocenters. The van der Waals surface area contributed by atoms with Gasteiger partial charge in [0.25, 0.3) is 0 Å². The van der Waals surface area contributed by atoms with Gasteiger partial charge < -0.3 is 20.8 Å². The number of nitrogens with two attached hydrogens (primary N) is 2. The van der Waals surface area contributed by atoms with Gasteiger partial charge in [-0.05, 0) is 44.5 Å². The van der Waals surface area contributed by atoms with Gasteiger partial charge in [-0.1, -0.05) is 0 Å². The summed E-state index contributed by atoms with van der Waals surface area (Å²) in [5.74, 6) is 0.470. The number of pyridine rings is 1. The van der Waals surface area contributed by atoms with Gasteiger partial charge in [-0.25, -0.2) is 18.9 Å². The van der Waals surface area contributed by atoms with E-state index in [0.29, 0.717) is 23.9 Å². The molecule has 4 N–H and O–H groups in total. The number of hydrogen-bond acceptors (Lipinski definition) is 8. The Morgan fingerprint density at radius 3 is 2.76 bits per heavy atom. The van der Waals surface area contributed by atoms with Crippen LogP contribution in [-0.2, 0) is 11.3 Å². The van der Waals surface area contributed by atoms with Crippen molar-refractivity contribution in [2.75, 3.05) is 37.8 Å². The van der Waals surface area contributed by atoms with E-state index in [1.54, 1.807) is 17.0 Å². The minimum Gasteiger partial charge on any atom is -0.382 e. The summed E-state index contributed by atoms with van der Waals surface area (Å²) in [6.07, 6.45) is 4.76. The summed E-state index contributed by atoms with van der Waals surface area (Å²) in [4.78, 5) is 15.3. The van der Waals surface area contributed by atoms with Crippen molar-refractivity contribution >= 4 is 28.4 Å². The Kier molecular flexibility index (Phi) is 5.81. The summed E-state index contributed by atoms with van der Waals surface area (Å²) in [5.41, 5.74) is 15.7. The number of piperidine rings is 1. The summed E-state index contributed by atoms with van der Waals surface area (Å²) in [6.45, 7) is 6.19. The SMILES string of the molecule is CCn1cnc2ccc(-c3ccn4nc(N)nc(N)c34)nc21.F[C@@H]1CCCN(C2COC2)C1. The Labute approximate surface area is 190 Å². The highest BCUT2D eigenvalue weighted by Gasteiger charge is 2.30. The fraction of sp³-hybridized carbons (Fsp3) is 0.455. The molecule has 2 saturated heterocycles. The Morgan fingerprint density at radius 2 is 2.03 bits per heavy atom. The number of nitrogens with zero attached hydrogens (tertiary/aromatic N) is 7. The second-order valence-corrected chi connectivity index (χ2v) is 8.37. The lowest BCUT2D eigenvalue weighted by Crippen LogP contribution is -2.52. The molecule has 0 bridgehead atoms. The van der Waals surface area contributed by atoms with Gasteiger partial charge in [0.1, 0.15) is 17.2 Å². The molecule has 0 radical (unpaired) electrons. The van der Waals surface area contributed by atoms with Crippen LogP contribution in [0.25, 0.3) is 27.9 Å². The quantitative estimate of drug-likeness (QED) is 0.483. The number of imidazole rings is 1. The van der Waals surface area contributed by atoms with E-state index in [2.05, 4.69) is 26.9 Å². The summed E-state index contributed by atoms with van der Waals surface area (Å²) < 4.78 is 21.5. The molecule has 4 aromatic rings. The van der Waals surface area contributed by atoms with E-state index in [1.165, 1.54) is 0 Å². The molecule has 0 amide bonds. The monoisotopic (exact) mass is 453 g/mol. The molecule has 6 heterocycles. The second kappa shape index (κ2) is 8.91. The molecular weight excluding hydrogens is 425 g/mol. The fourth-order valence-electron chi connectivity index (χ4n) is 4.32. The molecule has 1 atom stereocenters. The number of alkyl halides is 1. The molecule has 2 fully saturated rings. The zero-order valence-electron chi connectivity index (χ0n) is 18.6. The topological polar surface area (TPSA) is 125 Å². The zero-order valence-corrected chi connectivity index (χ0v) is 18.6. The number of hydrogen-bond donors (Lipinski definition) is 2. The minimum atomic E-state index is -0.593. The number of ether oxygens (including phenoxy) is 1. The van der Waals surface area contributed by atoms with Gasteiger partial charge in [0.2, 0.25) is 5.95 Å². The average molecular weight is 454 g/mol. The lowest BCUT2D eigenvalue weighted by Gasteiger charge is -2.40. The van der Waals surface area contributed by atoms with Crippen molar-refractivity contribution in [3.8, 4) is 11.3 Å². The van der Waals surface area contributed by atoms with Crippen molar-refractivity contribution in [1.29, 1.82) is 0 Å². The van der Waals surface area contributed by atoms with Crippen LogP contribution in [0.2, 0.25) is 0 Å². The molecule has 33 heavy (non-hydrogen) atoms. The van der Waals surface area contributed by atoms with E-state index >= 15 is 0 Å². The van der Waals surface area contributed by atoms with E-state index in [4.69, 9.17) is 21.2 Å². The number of halogens is 1. The molecule has 0 saturated carbocycles. The predicted octanol–water partition coefficient (Wildman–Crippen LogP) is 2.14. The molecule has 4 aromatic heterocycles. The first kappa shape index (κ1) is 21.5. The second-order valence-electron chi connectivity index (χ2n) is 8.37. The number of likely N-dealkylation sites (tertiary alicyclic amines) is 1. The van der Waals surface area contributed by atoms with Crippen LogP contribution in [-0.4, -0.2) is 72.5 Å². The van der Waals surface area contributed by atoms with Crippen molar-refractivity contribution in [3.63, 3.8) is 0 Å². The third-order valence-corrected chi connectivity index (χ3v) is 6.17. The third kappa shape index (κ3) is 4.21. The Morgan fingerprint density at radius 1 is 1.18 bits per heavy atom. The molecular formula is C22H28FN9O. The van der Waals surface area contributed by atoms with Gasteiger partial charge in [0.05, 0.1) is 31.3 Å². The molecule has 2 aliphatic rings. The fourth-order valence-corrected chi connectivity index (χ4v) is 4.32. The molecule has 0 aromatic carbocycles. The van der Waals surface area contributed by atoms with Crippen LogP contribution in [0.5, 0.6) is 0 Å². The molecule has 10 nitrogen and oxygen atoms in total. The van der Waals surface area contributed by atoms with Crippen LogP contribution in [0.3, 0.4) is 0 Å². The normalized spacial score (nSPS) is 19.4. The van der Waals surface area contributed by atoms with Gasteiger partial charge in [0, 0.05) is 24.8 Å².